The molecule has 3 rings (SSSR count). The number of hydrogen-bond donors (Lipinski definition) is 1. The van der Waals surface area contributed by atoms with E-state index in [1.807, 2.05) is 6.20 Å². The first kappa shape index (κ1) is 11.5. The van der Waals surface area contributed by atoms with Crippen LogP contribution in [0.15, 0.2) is 6.20 Å². The predicted molar refractivity (Wildman–Crippen MR) is 71.9 cm³/mol. The molecule has 2 N–H and O–H groups in total. The van der Waals surface area contributed by atoms with Gasteiger partial charge in [0.25, 0.3) is 0 Å². The number of hydrogen-bond acceptors (Lipinski definition) is 4. The number of piperidine rings is 1. The van der Waals surface area contributed by atoms with Crippen molar-refractivity contribution in [3.63, 3.8) is 0 Å². The quantitative estimate of drug-likeness (QED) is 0.879. The van der Waals surface area contributed by atoms with Crippen molar-refractivity contribution in [1.29, 1.82) is 0 Å². The molecule has 1 saturated heterocycles. The topological polar surface area (TPSA) is 42.1 Å². The lowest BCUT2D eigenvalue weighted by Crippen LogP contribution is -2.41. The van der Waals surface area contributed by atoms with Crippen LogP contribution < -0.4 is 5.73 Å². The van der Waals surface area contributed by atoms with Crippen molar-refractivity contribution in [2.75, 3.05) is 18.8 Å². The first-order valence-electron chi connectivity index (χ1n) is 6.68. The minimum Gasteiger partial charge on any atom is -0.375 e. The Morgan fingerprint density at radius 3 is 2.76 bits per heavy atom. The molecule has 0 radical (unpaired) electrons. The molecule has 1 saturated carbocycles. The highest BCUT2D eigenvalue weighted by atomic mass is 32.1. The molecule has 0 atom stereocenters. The van der Waals surface area contributed by atoms with Gasteiger partial charge in [-0.3, -0.25) is 4.90 Å². The second-order valence-corrected chi connectivity index (χ2v) is 6.83. The van der Waals surface area contributed by atoms with Crippen LogP contribution >= 0.6 is 11.3 Å². The molecule has 2 heterocycles. The maximum atomic E-state index is 5.69. The minimum atomic E-state index is 0.661. The highest BCUT2D eigenvalue weighted by Gasteiger charge is 2.37. The van der Waals surface area contributed by atoms with Crippen LogP contribution in [0.4, 0.5) is 5.13 Å². The Bertz CT molecular complexity index is 382. The zero-order valence-corrected chi connectivity index (χ0v) is 11.1. The molecule has 4 heteroatoms. The summed E-state index contributed by atoms with van der Waals surface area (Å²) in [6.07, 6.45) is 10.6. The third-order valence-corrected chi connectivity index (χ3v) is 5.17. The molecule has 2 aliphatic rings. The standard InChI is InChI=1S/C13H21N3S/c14-12-15-8-11(17-12)9-16-7-3-6-13(10-16)4-1-2-5-13/h8H,1-7,9-10H2,(H2,14,15). The number of likely N-dealkylation sites (tertiary alicyclic amines) is 1. The molecule has 17 heavy (non-hydrogen) atoms. The summed E-state index contributed by atoms with van der Waals surface area (Å²) in [5, 5.41) is 0.701. The average Bonchev–Trinajstić information content (AvgIpc) is 2.89. The Labute approximate surface area is 107 Å². The van der Waals surface area contributed by atoms with E-state index >= 15 is 0 Å². The maximum absolute atomic E-state index is 5.69. The Morgan fingerprint density at radius 2 is 2.06 bits per heavy atom. The van der Waals surface area contributed by atoms with Crippen molar-refractivity contribution in [1.82, 2.24) is 9.88 Å². The van der Waals surface area contributed by atoms with Crippen LogP contribution in [0, 0.1) is 5.41 Å². The molecule has 1 aromatic rings. The molecule has 3 nitrogen and oxygen atoms in total. The Balaban J connectivity index is 1.64. The summed E-state index contributed by atoms with van der Waals surface area (Å²) in [7, 11) is 0. The summed E-state index contributed by atoms with van der Waals surface area (Å²) in [4.78, 5) is 8.07. The van der Waals surface area contributed by atoms with E-state index < -0.39 is 0 Å². The molecule has 2 fully saturated rings. The van der Waals surface area contributed by atoms with E-state index in [1.54, 1.807) is 11.3 Å². The smallest absolute Gasteiger partial charge is 0.180 e. The molecule has 1 spiro atoms. The third-order valence-electron chi connectivity index (χ3n) is 4.36. The monoisotopic (exact) mass is 251 g/mol. The third kappa shape index (κ3) is 2.47. The number of aromatic nitrogens is 1. The maximum Gasteiger partial charge on any atom is 0.180 e. The molecular weight excluding hydrogens is 230 g/mol. The van der Waals surface area contributed by atoms with Crippen LogP contribution in [-0.2, 0) is 6.54 Å². The van der Waals surface area contributed by atoms with E-state index in [0.717, 1.165) is 6.54 Å². The van der Waals surface area contributed by atoms with Gasteiger partial charge in [0, 0.05) is 24.2 Å². The van der Waals surface area contributed by atoms with E-state index in [1.165, 1.54) is 56.5 Å². The lowest BCUT2D eigenvalue weighted by Gasteiger charge is -2.40. The van der Waals surface area contributed by atoms with Crippen LogP contribution in [0.3, 0.4) is 0 Å². The Hall–Kier alpha value is -0.610. The van der Waals surface area contributed by atoms with Gasteiger partial charge in [0.15, 0.2) is 5.13 Å². The van der Waals surface area contributed by atoms with Gasteiger partial charge in [-0.25, -0.2) is 4.98 Å². The van der Waals surface area contributed by atoms with Gasteiger partial charge in [0.05, 0.1) is 0 Å². The van der Waals surface area contributed by atoms with Gasteiger partial charge < -0.3 is 5.73 Å². The average molecular weight is 251 g/mol. The normalized spacial score (nSPS) is 24.5. The fourth-order valence-electron chi connectivity index (χ4n) is 3.59. The van der Waals surface area contributed by atoms with Gasteiger partial charge in [0.1, 0.15) is 0 Å². The molecule has 0 aromatic carbocycles. The van der Waals surface area contributed by atoms with Crippen LogP contribution in [-0.4, -0.2) is 23.0 Å². The number of rotatable bonds is 2. The summed E-state index contributed by atoms with van der Waals surface area (Å²) in [6, 6.07) is 0. The molecule has 0 unspecified atom stereocenters. The lowest BCUT2D eigenvalue weighted by molar-refractivity contribution is 0.0883. The molecular formula is C13H21N3S. The van der Waals surface area contributed by atoms with Crippen molar-refractivity contribution in [2.24, 2.45) is 5.41 Å². The molecule has 0 bridgehead atoms. The fraction of sp³-hybridized carbons (Fsp3) is 0.769. The SMILES string of the molecule is Nc1ncc(CN2CCCC3(CCCC3)C2)s1. The number of anilines is 1. The largest absolute Gasteiger partial charge is 0.375 e. The molecule has 1 aromatic heterocycles. The van der Waals surface area contributed by atoms with E-state index in [-0.39, 0.29) is 0 Å². The zero-order chi connectivity index (χ0) is 11.7. The second-order valence-electron chi connectivity index (χ2n) is 5.69. The minimum absolute atomic E-state index is 0.661. The van der Waals surface area contributed by atoms with Gasteiger partial charge >= 0.3 is 0 Å². The van der Waals surface area contributed by atoms with Crippen molar-refractivity contribution in [3.8, 4) is 0 Å². The zero-order valence-electron chi connectivity index (χ0n) is 10.3. The van der Waals surface area contributed by atoms with Crippen molar-refractivity contribution in [3.05, 3.63) is 11.1 Å². The van der Waals surface area contributed by atoms with Crippen LogP contribution in [0.25, 0.3) is 0 Å². The van der Waals surface area contributed by atoms with Gasteiger partial charge in [-0.05, 0) is 37.6 Å². The Morgan fingerprint density at radius 1 is 1.29 bits per heavy atom. The molecule has 0 amide bonds. The van der Waals surface area contributed by atoms with Crippen molar-refractivity contribution < 1.29 is 0 Å². The molecule has 1 aliphatic carbocycles. The fourth-order valence-corrected chi connectivity index (χ4v) is 4.32. The van der Waals surface area contributed by atoms with Gasteiger partial charge in [-0.15, -0.1) is 11.3 Å². The summed E-state index contributed by atoms with van der Waals surface area (Å²) in [5.74, 6) is 0. The lowest BCUT2D eigenvalue weighted by atomic mass is 9.78. The highest BCUT2D eigenvalue weighted by molar-refractivity contribution is 7.15. The van der Waals surface area contributed by atoms with E-state index in [9.17, 15) is 0 Å². The van der Waals surface area contributed by atoms with Gasteiger partial charge in [0.2, 0.25) is 0 Å². The predicted octanol–water partition coefficient (Wildman–Crippen LogP) is 2.88. The van der Waals surface area contributed by atoms with Gasteiger partial charge in [-0.2, -0.15) is 0 Å². The summed E-state index contributed by atoms with van der Waals surface area (Å²) in [6.45, 7) is 3.60. The van der Waals surface area contributed by atoms with E-state index in [2.05, 4.69) is 9.88 Å². The second kappa shape index (κ2) is 4.58. The van der Waals surface area contributed by atoms with Crippen LogP contribution in [0.2, 0.25) is 0 Å². The highest BCUT2D eigenvalue weighted by Crippen LogP contribution is 2.45. The van der Waals surface area contributed by atoms with E-state index in [4.69, 9.17) is 5.73 Å². The van der Waals surface area contributed by atoms with Gasteiger partial charge in [-0.1, -0.05) is 12.8 Å². The number of nitrogen functional groups attached to an aromatic ring is 1. The van der Waals surface area contributed by atoms with Crippen molar-refractivity contribution >= 4 is 16.5 Å². The molecule has 1 aliphatic heterocycles. The Kier molecular flexibility index (Phi) is 3.09. The summed E-state index contributed by atoms with van der Waals surface area (Å²) in [5.41, 5.74) is 6.35. The van der Waals surface area contributed by atoms with Crippen LogP contribution in [0.5, 0.6) is 0 Å². The van der Waals surface area contributed by atoms with E-state index in [0.29, 0.717) is 10.5 Å². The molecule has 94 valence electrons. The number of thiazole rings is 1. The summed E-state index contributed by atoms with van der Waals surface area (Å²) >= 11 is 1.64. The number of nitrogens with zero attached hydrogens (tertiary/aromatic N) is 2. The van der Waals surface area contributed by atoms with Crippen LogP contribution in [0.1, 0.15) is 43.4 Å². The first-order valence-corrected chi connectivity index (χ1v) is 7.50. The van der Waals surface area contributed by atoms with Crippen molar-refractivity contribution in [2.45, 2.75) is 45.1 Å². The number of nitrogens with two attached hydrogens (primary N) is 1. The first-order chi connectivity index (χ1) is 8.26. The summed E-state index contributed by atoms with van der Waals surface area (Å²) < 4.78 is 0.